The van der Waals surface area contributed by atoms with Crippen molar-refractivity contribution in [2.45, 2.75) is 56.9 Å². The van der Waals surface area contributed by atoms with Crippen LogP contribution in [0.4, 0.5) is 0 Å². The van der Waals surface area contributed by atoms with E-state index in [4.69, 9.17) is 5.11 Å². The van der Waals surface area contributed by atoms with Crippen molar-refractivity contribution in [3.05, 3.63) is 14.7 Å². The molecule has 0 amide bonds. The largest absolute Gasteiger partial charge is 0.477 e. The summed E-state index contributed by atoms with van der Waals surface area (Å²) in [4.78, 5) is 10.9. The van der Waals surface area contributed by atoms with Crippen LogP contribution in [-0.4, -0.2) is 25.5 Å². The average Bonchev–Trinajstić information content (AvgIpc) is 2.77. The number of rotatable bonds is 9. The summed E-state index contributed by atoms with van der Waals surface area (Å²) >= 11 is 4.02. The first-order valence-electron chi connectivity index (χ1n) is 6.83. The molecule has 1 rings (SSSR count). The standard InChI is InChI=1S/C13H20BrNO4S2/c1-3-4-5-6-7-9(2)15-21(18,19)11-8-10(13(16)17)20-12(11)14/h8-9,15H,3-7H2,1-2H3,(H,16,17). The summed E-state index contributed by atoms with van der Waals surface area (Å²) in [5.74, 6) is -1.13. The van der Waals surface area contributed by atoms with Gasteiger partial charge in [0.25, 0.3) is 0 Å². The highest BCUT2D eigenvalue weighted by Crippen LogP contribution is 2.31. The van der Waals surface area contributed by atoms with Crippen molar-refractivity contribution < 1.29 is 18.3 Å². The van der Waals surface area contributed by atoms with E-state index < -0.39 is 16.0 Å². The third kappa shape index (κ3) is 5.69. The smallest absolute Gasteiger partial charge is 0.345 e. The number of hydrogen-bond donors (Lipinski definition) is 2. The summed E-state index contributed by atoms with van der Waals surface area (Å²) in [6.45, 7) is 3.95. The third-order valence-corrected chi connectivity index (χ3v) is 6.83. The number of hydrogen-bond acceptors (Lipinski definition) is 4. The average molecular weight is 398 g/mol. The van der Waals surface area contributed by atoms with Crippen LogP contribution < -0.4 is 4.72 Å². The number of carboxylic acids is 1. The quantitative estimate of drug-likeness (QED) is 0.619. The minimum atomic E-state index is -3.70. The van der Waals surface area contributed by atoms with E-state index in [0.29, 0.717) is 3.79 Å². The van der Waals surface area contributed by atoms with Gasteiger partial charge in [-0.25, -0.2) is 17.9 Å². The van der Waals surface area contributed by atoms with Crippen LogP contribution in [0.1, 0.15) is 55.6 Å². The van der Waals surface area contributed by atoms with Crippen LogP contribution >= 0.6 is 27.3 Å². The Hall–Kier alpha value is -0.440. The van der Waals surface area contributed by atoms with Crippen LogP contribution in [0, 0.1) is 0 Å². The fraction of sp³-hybridized carbons (Fsp3) is 0.615. The molecule has 0 radical (unpaired) electrons. The van der Waals surface area contributed by atoms with E-state index in [0.717, 1.165) is 43.4 Å². The zero-order valence-electron chi connectivity index (χ0n) is 12.1. The lowest BCUT2D eigenvalue weighted by atomic mass is 10.1. The molecule has 0 aromatic carbocycles. The molecule has 0 aliphatic heterocycles. The van der Waals surface area contributed by atoms with Gasteiger partial charge in [-0.1, -0.05) is 32.6 Å². The fourth-order valence-corrected chi connectivity index (χ4v) is 5.59. The Bertz CT molecular complexity index is 583. The number of carboxylic acid groups (broad SMARTS) is 1. The van der Waals surface area contributed by atoms with E-state index in [1.807, 2.05) is 6.92 Å². The van der Waals surface area contributed by atoms with Gasteiger partial charge >= 0.3 is 5.97 Å². The van der Waals surface area contributed by atoms with Crippen molar-refractivity contribution in [3.63, 3.8) is 0 Å². The summed E-state index contributed by atoms with van der Waals surface area (Å²) in [5, 5.41) is 8.91. The highest BCUT2D eigenvalue weighted by molar-refractivity contribution is 9.11. The van der Waals surface area contributed by atoms with Crippen molar-refractivity contribution >= 4 is 43.3 Å². The molecular weight excluding hydrogens is 378 g/mol. The molecule has 5 nitrogen and oxygen atoms in total. The van der Waals surface area contributed by atoms with Crippen molar-refractivity contribution in [3.8, 4) is 0 Å². The molecule has 0 saturated heterocycles. The molecule has 0 spiro atoms. The van der Waals surface area contributed by atoms with Crippen LogP contribution in [0.2, 0.25) is 0 Å². The Balaban J connectivity index is 2.70. The molecule has 1 aromatic heterocycles. The van der Waals surface area contributed by atoms with Gasteiger partial charge in [-0.05, 0) is 35.3 Å². The lowest BCUT2D eigenvalue weighted by Gasteiger charge is -2.13. The van der Waals surface area contributed by atoms with Gasteiger partial charge in [-0.2, -0.15) is 0 Å². The summed E-state index contributed by atoms with van der Waals surface area (Å²) in [7, 11) is -3.70. The van der Waals surface area contributed by atoms with Crippen molar-refractivity contribution in [2.75, 3.05) is 0 Å². The van der Waals surface area contributed by atoms with Gasteiger partial charge in [0.15, 0.2) is 0 Å². The molecule has 0 aliphatic rings. The minimum absolute atomic E-state index is 0.00199. The van der Waals surface area contributed by atoms with E-state index in [1.54, 1.807) is 0 Å². The Morgan fingerprint density at radius 1 is 1.43 bits per heavy atom. The van der Waals surface area contributed by atoms with E-state index in [-0.39, 0.29) is 15.8 Å². The minimum Gasteiger partial charge on any atom is -0.477 e. The Labute approximate surface area is 137 Å². The molecule has 21 heavy (non-hydrogen) atoms. The Morgan fingerprint density at radius 2 is 2.10 bits per heavy atom. The maximum atomic E-state index is 12.3. The summed E-state index contributed by atoms with van der Waals surface area (Å²) in [6.07, 6.45) is 5.13. The number of aromatic carboxylic acids is 1. The Kier molecular flexibility index (Phi) is 7.32. The molecule has 0 bridgehead atoms. The van der Waals surface area contributed by atoms with Crippen molar-refractivity contribution in [1.29, 1.82) is 0 Å². The molecule has 8 heteroatoms. The molecule has 1 unspecified atom stereocenters. The summed E-state index contributed by atoms with van der Waals surface area (Å²) in [5.41, 5.74) is 0. The lowest BCUT2D eigenvalue weighted by Crippen LogP contribution is -2.32. The number of thiophene rings is 1. The number of halogens is 1. The first-order valence-corrected chi connectivity index (χ1v) is 9.92. The molecule has 120 valence electrons. The number of unbranched alkanes of at least 4 members (excludes halogenated alkanes) is 3. The first kappa shape index (κ1) is 18.6. The Morgan fingerprint density at radius 3 is 2.62 bits per heavy atom. The van der Waals surface area contributed by atoms with Crippen molar-refractivity contribution in [2.24, 2.45) is 0 Å². The number of sulfonamides is 1. The third-order valence-electron chi connectivity index (χ3n) is 3.00. The first-order chi connectivity index (χ1) is 9.77. The molecule has 0 saturated carbocycles. The fourth-order valence-electron chi connectivity index (χ4n) is 1.91. The number of nitrogens with one attached hydrogen (secondary N) is 1. The second-order valence-corrected chi connectivity index (χ2v) is 8.98. The van der Waals surface area contributed by atoms with Crippen LogP contribution in [0.15, 0.2) is 14.7 Å². The van der Waals surface area contributed by atoms with Crippen LogP contribution in [0.3, 0.4) is 0 Å². The zero-order chi connectivity index (χ0) is 16.0. The van der Waals surface area contributed by atoms with E-state index in [1.165, 1.54) is 6.07 Å². The number of carbonyl (C=O) groups is 1. The molecule has 0 aliphatic carbocycles. The molecule has 1 atom stereocenters. The molecule has 1 aromatic rings. The van der Waals surface area contributed by atoms with Gasteiger partial charge in [0.2, 0.25) is 10.0 Å². The summed E-state index contributed by atoms with van der Waals surface area (Å²) < 4.78 is 27.4. The van der Waals surface area contributed by atoms with Crippen LogP contribution in [-0.2, 0) is 10.0 Å². The highest BCUT2D eigenvalue weighted by atomic mass is 79.9. The normalized spacial score (nSPS) is 13.3. The van der Waals surface area contributed by atoms with Gasteiger partial charge in [0, 0.05) is 6.04 Å². The van der Waals surface area contributed by atoms with E-state index >= 15 is 0 Å². The van der Waals surface area contributed by atoms with Crippen LogP contribution in [0.5, 0.6) is 0 Å². The SMILES string of the molecule is CCCCCCC(C)NS(=O)(=O)c1cc(C(=O)O)sc1Br. The maximum Gasteiger partial charge on any atom is 0.345 e. The van der Waals surface area contributed by atoms with Crippen LogP contribution in [0.25, 0.3) is 0 Å². The van der Waals surface area contributed by atoms with Gasteiger partial charge in [0.05, 0.1) is 3.79 Å². The van der Waals surface area contributed by atoms with E-state index in [9.17, 15) is 13.2 Å². The predicted molar refractivity (Wildman–Crippen MR) is 87.5 cm³/mol. The van der Waals surface area contributed by atoms with Crippen molar-refractivity contribution in [1.82, 2.24) is 4.72 Å². The van der Waals surface area contributed by atoms with Gasteiger partial charge in [0.1, 0.15) is 9.77 Å². The predicted octanol–water partition coefficient (Wildman–Crippen LogP) is 3.85. The summed E-state index contributed by atoms with van der Waals surface area (Å²) in [6, 6.07) is 1.01. The zero-order valence-corrected chi connectivity index (χ0v) is 15.3. The molecular formula is C13H20BrNO4S2. The van der Waals surface area contributed by atoms with Gasteiger partial charge in [-0.3, -0.25) is 0 Å². The molecule has 0 fully saturated rings. The topological polar surface area (TPSA) is 83.5 Å². The van der Waals surface area contributed by atoms with E-state index in [2.05, 4.69) is 27.6 Å². The molecule has 1 heterocycles. The second-order valence-electron chi connectivity index (χ2n) is 4.93. The second kappa shape index (κ2) is 8.26. The van der Waals surface area contributed by atoms with Gasteiger partial charge in [-0.15, -0.1) is 11.3 Å². The van der Waals surface area contributed by atoms with Gasteiger partial charge < -0.3 is 5.11 Å². The highest BCUT2D eigenvalue weighted by Gasteiger charge is 2.24. The molecule has 2 N–H and O–H groups in total. The monoisotopic (exact) mass is 397 g/mol. The maximum absolute atomic E-state index is 12.3. The lowest BCUT2D eigenvalue weighted by molar-refractivity contribution is 0.0702.